The van der Waals surface area contributed by atoms with E-state index in [2.05, 4.69) is 39.5 Å². The summed E-state index contributed by atoms with van der Waals surface area (Å²) in [4.78, 5) is 7.02. The number of aliphatic imine (C=N–C) groups is 1. The summed E-state index contributed by atoms with van der Waals surface area (Å²) >= 11 is 0. The van der Waals surface area contributed by atoms with Crippen LogP contribution in [-0.4, -0.2) is 77.2 Å². The molecule has 0 bridgehead atoms. The zero-order valence-electron chi connectivity index (χ0n) is 17.1. The summed E-state index contributed by atoms with van der Waals surface area (Å²) in [6, 6.07) is 0.794. The van der Waals surface area contributed by atoms with Gasteiger partial charge in [-0.2, -0.15) is 5.10 Å². The zero-order chi connectivity index (χ0) is 19.2. The van der Waals surface area contributed by atoms with E-state index in [0.717, 1.165) is 38.4 Å². The Labute approximate surface area is 179 Å². The fraction of sp³-hybridized carbons (Fsp3) is 0.778. The highest BCUT2D eigenvalue weighted by atomic mass is 127. The van der Waals surface area contributed by atoms with Crippen molar-refractivity contribution in [2.75, 3.05) is 39.4 Å². The SMILES string of the molecule is CCNC(=NCC(C)(O)c1cnn(C)c1)NCC(C)N1CCOCC1C.I. The molecular weight excluding hydrogens is 459 g/mol. The van der Waals surface area contributed by atoms with Gasteiger partial charge in [0.2, 0.25) is 0 Å². The van der Waals surface area contributed by atoms with Gasteiger partial charge in [-0.05, 0) is 27.7 Å². The molecule has 0 spiro atoms. The third-order valence-electron chi connectivity index (χ3n) is 4.77. The molecule has 1 aliphatic heterocycles. The van der Waals surface area contributed by atoms with Crippen LogP contribution in [-0.2, 0) is 17.4 Å². The van der Waals surface area contributed by atoms with Crippen LogP contribution in [0.5, 0.6) is 0 Å². The van der Waals surface area contributed by atoms with Crippen molar-refractivity contribution >= 4 is 29.9 Å². The van der Waals surface area contributed by atoms with Crippen molar-refractivity contribution in [3.05, 3.63) is 18.0 Å². The molecule has 1 fully saturated rings. The van der Waals surface area contributed by atoms with Gasteiger partial charge in [0.15, 0.2) is 5.96 Å². The Bertz CT molecular complexity index is 592. The second-order valence-corrected chi connectivity index (χ2v) is 7.26. The molecule has 2 rings (SSSR count). The Morgan fingerprint density at radius 3 is 2.85 bits per heavy atom. The summed E-state index contributed by atoms with van der Waals surface area (Å²) in [7, 11) is 1.84. The van der Waals surface area contributed by atoms with E-state index in [0.29, 0.717) is 18.0 Å². The minimum Gasteiger partial charge on any atom is -0.383 e. The number of halogens is 1. The molecule has 0 aromatic carbocycles. The summed E-state index contributed by atoms with van der Waals surface area (Å²) < 4.78 is 7.20. The van der Waals surface area contributed by atoms with Gasteiger partial charge in [0.1, 0.15) is 5.60 Å². The molecule has 1 saturated heterocycles. The molecule has 3 unspecified atom stereocenters. The number of nitrogens with one attached hydrogen (secondary N) is 2. The maximum absolute atomic E-state index is 10.7. The normalized spacial score (nSPS) is 21.9. The summed E-state index contributed by atoms with van der Waals surface area (Å²) in [6.45, 7) is 12.5. The number of aromatic nitrogens is 2. The standard InChI is InChI=1S/C18H34N6O2.HI/c1-6-19-17(20-9-14(2)24-7-8-26-12-15(24)3)21-13-18(4,25)16-10-22-23(5)11-16;/h10-11,14-15,25H,6-9,12-13H2,1-5H3,(H2,19,20,21);1H. The predicted molar refractivity (Wildman–Crippen MR) is 119 cm³/mol. The molecule has 27 heavy (non-hydrogen) atoms. The third-order valence-corrected chi connectivity index (χ3v) is 4.77. The largest absolute Gasteiger partial charge is 0.383 e. The van der Waals surface area contributed by atoms with Gasteiger partial charge in [0.25, 0.3) is 0 Å². The summed E-state index contributed by atoms with van der Waals surface area (Å²) in [5.74, 6) is 0.712. The number of aliphatic hydroxyl groups is 1. The van der Waals surface area contributed by atoms with Gasteiger partial charge in [-0.3, -0.25) is 9.58 Å². The summed E-state index contributed by atoms with van der Waals surface area (Å²) in [5, 5.41) is 21.5. The molecule has 3 atom stereocenters. The maximum Gasteiger partial charge on any atom is 0.191 e. The Morgan fingerprint density at radius 2 is 2.26 bits per heavy atom. The van der Waals surface area contributed by atoms with Crippen molar-refractivity contribution < 1.29 is 9.84 Å². The molecule has 156 valence electrons. The quantitative estimate of drug-likeness (QED) is 0.297. The van der Waals surface area contributed by atoms with Crippen LogP contribution < -0.4 is 10.6 Å². The number of hydrogen-bond donors (Lipinski definition) is 3. The van der Waals surface area contributed by atoms with Crippen LogP contribution in [0.15, 0.2) is 17.4 Å². The molecular formula is C18H35IN6O2. The lowest BCUT2D eigenvalue weighted by molar-refractivity contribution is -0.0174. The topological polar surface area (TPSA) is 86.9 Å². The Morgan fingerprint density at radius 1 is 1.52 bits per heavy atom. The number of hydrogen-bond acceptors (Lipinski definition) is 5. The minimum absolute atomic E-state index is 0. The van der Waals surface area contributed by atoms with E-state index in [1.54, 1.807) is 17.8 Å². The Balaban J connectivity index is 0.00000364. The molecule has 2 heterocycles. The maximum atomic E-state index is 10.7. The van der Waals surface area contributed by atoms with Crippen molar-refractivity contribution in [1.82, 2.24) is 25.3 Å². The highest BCUT2D eigenvalue weighted by Gasteiger charge is 2.25. The van der Waals surface area contributed by atoms with Gasteiger partial charge in [0.05, 0.1) is 26.0 Å². The first-order valence-electron chi connectivity index (χ1n) is 9.40. The predicted octanol–water partition coefficient (Wildman–Crippen LogP) is 0.910. The molecule has 9 heteroatoms. The van der Waals surface area contributed by atoms with Crippen LogP contribution in [0.1, 0.15) is 33.3 Å². The number of ether oxygens (including phenoxy) is 1. The Kier molecular flexibility index (Phi) is 9.99. The molecule has 8 nitrogen and oxygen atoms in total. The molecule has 1 aliphatic rings. The van der Waals surface area contributed by atoms with Gasteiger partial charge >= 0.3 is 0 Å². The highest BCUT2D eigenvalue weighted by molar-refractivity contribution is 14.0. The van der Waals surface area contributed by atoms with Crippen molar-refractivity contribution in [2.24, 2.45) is 12.0 Å². The van der Waals surface area contributed by atoms with E-state index in [4.69, 9.17) is 4.74 Å². The molecule has 0 amide bonds. The first-order chi connectivity index (χ1) is 12.3. The lowest BCUT2D eigenvalue weighted by Crippen LogP contribution is -2.53. The van der Waals surface area contributed by atoms with Gasteiger partial charge in [-0.1, -0.05) is 0 Å². The van der Waals surface area contributed by atoms with Crippen LogP contribution in [0.25, 0.3) is 0 Å². The van der Waals surface area contributed by atoms with E-state index in [-0.39, 0.29) is 30.5 Å². The van der Waals surface area contributed by atoms with Gasteiger partial charge < -0.3 is 20.5 Å². The first kappa shape index (κ1) is 24.1. The van der Waals surface area contributed by atoms with Gasteiger partial charge in [0, 0.05) is 50.5 Å². The van der Waals surface area contributed by atoms with Crippen LogP contribution >= 0.6 is 24.0 Å². The third kappa shape index (κ3) is 7.20. The Hall–Kier alpha value is -0.910. The summed E-state index contributed by atoms with van der Waals surface area (Å²) in [6.07, 6.45) is 3.50. The number of rotatable bonds is 7. The minimum atomic E-state index is -1.05. The fourth-order valence-electron chi connectivity index (χ4n) is 3.12. The molecule has 3 N–H and O–H groups in total. The van der Waals surface area contributed by atoms with E-state index in [1.807, 2.05) is 20.2 Å². The second kappa shape index (κ2) is 11.2. The molecule has 0 radical (unpaired) electrons. The summed E-state index contributed by atoms with van der Waals surface area (Å²) in [5.41, 5.74) is -0.295. The number of aryl methyl sites for hydroxylation is 1. The first-order valence-corrected chi connectivity index (χ1v) is 9.40. The molecule has 1 aromatic heterocycles. The molecule has 0 saturated carbocycles. The average Bonchev–Trinajstić information content (AvgIpc) is 3.05. The van der Waals surface area contributed by atoms with E-state index in [9.17, 15) is 5.11 Å². The van der Waals surface area contributed by atoms with Crippen LogP contribution in [0.2, 0.25) is 0 Å². The lowest BCUT2D eigenvalue weighted by atomic mass is 10.0. The van der Waals surface area contributed by atoms with Gasteiger partial charge in [-0.15, -0.1) is 24.0 Å². The van der Waals surface area contributed by atoms with E-state index < -0.39 is 5.60 Å². The van der Waals surface area contributed by atoms with Crippen LogP contribution in [0.4, 0.5) is 0 Å². The smallest absolute Gasteiger partial charge is 0.191 e. The number of guanidine groups is 1. The zero-order valence-corrected chi connectivity index (χ0v) is 19.4. The molecule has 0 aliphatic carbocycles. The number of morpholine rings is 1. The monoisotopic (exact) mass is 494 g/mol. The second-order valence-electron chi connectivity index (χ2n) is 7.26. The van der Waals surface area contributed by atoms with Crippen LogP contribution in [0, 0.1) is 0 Å². The van der Waals surface area contributed by atoms with Crippen molar-refractivity contribution in [3.63, 3.8) is 0 Å². The van der Waals surface area contributed by atoms with E-state index in [1.165, 1.54) is 0 Å². The average molecular weight is 494 g/mol. The number of nitrogens with zero attached hydrogens (tertiary/aromatic N) is 4. The van der Waals surface area contributed by atoms with Crippen LogP contribution in [0.3, 0.4) is 0 Å². The fourth-order valence-corrected chi connectivity index (χ4v) is 3.12. The van der Waals surface area contributed by atoms with Crippen molar-refractivity contribution in [1.29, 1.82) is 0 Å². The van der Waals surface area contributed by atoms with Crippen molar-refractivity contribution in [3.8, 4) is 0 Å². The van der Waals surface area contributed by atoms with Gasteiger partial charge in [-0.25, -0.2) is 4.99 Å². The highest BCUT2D eigenvalue weighted by Crippen LogP contribution is 2.19. The van der Waals surface area contributed by atoms with Crippen molar-refractivity contribution in [2.45, 2.75) is 45.4 Å². The lowest BCUT2D eigenvalue weighted by Gasteiger charge is -2.38. The molecule has 1 aromatic rings. The van der Waals surface area contributed by atoms with E-state index >= 15 is 0 Å².